The molecule has 2 aliphatic rings. The van der Waals surface area contributed by atoms with Crippen LogP contribution in [0, 0.1) is 17.8 Å². The van der Waals surface area contributed by atoms with Crippen LogP contribution in [-0.2, 0) is 39.8 Å². The summed E-state index contributed by atoms with van der Waals surface area (Å²) in [6.07, 6.45) is -2.86. The first-order chi connectivity index (χ1) is 20.4. The van der Waals surface area contributed by atoms with Crippen molar-refractivity contribution in [3.8, 4) is 5.75 Å². The number of hydrogen-bond acceptors (Lipinski definition) is 11. The van der Waals surface area contributed by atoms with Crippen molar-refractivity contribution >= 4 is 30.1 Å². The molecule has 244 valence electrons. The van der Waals surface area contributed by atoms with E-state index < -0.39 is 76.7 Å². The van der Waals surface area contributed by atoms with E-state index in [9.17, 15) is 29.1 Å². The van der Waals surface area contributed by atoms with Crippen molar-refractivity contribution in [1.82, 2.24) is 10.6 Å². The minimum absolute atomic E-state index is 0.0288. The number of fused-ring (bicyclic) bond motifs is 1. The van der Waals surface area contributed by atoms with Crippen LogP contribution in [-0.4, -0.2) is 77.8 Å². The van der Waals surface area contributed by atoms with E-state index >= 15 is 0 Å². The van der Waals surface area contributed by atoms with Gasteiger partial charge in [-0.25, -0.2) is 14.4 Å². The summed E-state index contributed by atoms with van der Waals surface area (Å²) in [5.41, 5.74) is -2.62. The highest BCUT2D eigenvalue weighted by Gasteiger charge is 2.73. The number of aliphatic hydroxyl groups excluding tert-OH is 1. The van der Waals surface area contributed by atoms with E-state index in [2.05, 4.69) is 10.6 Å². The van der Waals surface area contributed by atoms with Gasteiger partial charge in [0, 0.05) is 25.2 Å². The first-order valence-corrected chi connectivity index (χ1v) is 14.6. The summed E-state index contributed by atoms with van der Waals surface area (Å²) in [6, 6.07) is 5.03. The number of ether oxygens (including phenoxy) is 5. The Hall–Kier alpha value is -3.87. The molecule has 3 N–H and O–H groups in total. The molecule has 2 saturated carbocycles. The standard InChI is InChI=1S/C31H44N2O11/c1-9-41-26(37)31(16-21(34)23-19(24(23)31)15-22(35)40-8)33-25(36)20(32-27(38)43-29(2,3)4)14-17-10-12-18(13-11-17)42-28(39)44-30(5,6)7/h10-13,19-21,23-24,34H,9,14-16H2,1-8H3,(H,32,38)(H,33,36)/t19-,20-,21-,23+,24+,31-/m0/s1. The van der Waals surface area contributed by atoms with Gasteiger partial charge in [0.2, 0.25) is 5.91 Å². The average Bonchev–Trinajstić information content (AvgIpc) is 3.52. The lowest BCUT2D eigenvalue weighted by Crippen LogP contribution is -2.61. The maximum atomic E-state index is 13.9. The maximum absolute atomic E-state index is 13.9. The van der Waals surface area contributed by atoms with Crippen LogP contribution in [0.15, 0.2) is 24.3 Å². The second-order valence-corrected chi connectivity index (χ2v) is 13.1. The molecular weight excluding hydrogens is 576 g/mol. The van der Waals surface area contributed by atoms with Crippen LogP contribution in [0.5, 0.6) is 5.75 Å². The number of alkyl carbamates (subject to hydrolysis) is 1. The molecular formula is C31H44N2O11. The average molecular weight is 621 g/mol. The Morgan fingerprint density at radius 2 is 1.61 bits per heavy atom. The number of aliphatic hydroxyl groups is 1. The fourth-order valence-electron chi connectivity index (χ4n) is 5.69. The molecule has 0 heterocycles. The first kappa shape index (κ1) is 34.6. The summed E-state index contributed by atoms with van der Waals surface area (Å²) in [5.74, 6) is -3.10. The lowest BCUT2D eigenvalue weighted by molar-refractivity contribution is -0.155. The van der Waals surface area contributed by atoms with Crippen molar-refractivity contribution in [1.29, 1.82) is 0 Å². The fourth-order valence-corrected chi connectivity index (χ4v) is 5.69. The highest BCUT2D eigenvalue weighted by Crippen LogP contribution is 2.64. The number of amides is 2. The van der Waals surface area contributed by atoms with Crippen LogP contribution in [0.4, 0.5) is 9.59 Å². The quantitative estimate of drug-likeness (QED) is 0.199. The second-order valence-electron chi connectivity index (χ2n) is 13.1. The van der Waals surface area contributed by atoms with E-state index in [1.165, 1.54) is 19.2 Å². The second kappa shape index (κ2) is 13.4. The normalized spacial score (nSPS) is 24.7. The number of benzene rings is 1. The van der Waals surface area contributed by atoms with E-state index in [1.54, 1.807) is 60.6 Å². The van der Waals surface area contributed by atoms with Crippen molar-refractivity contribution in [3.63, 3.8) is 0 Å². The number of hydrogen-bond donors (Lipinski definition) is 3. The van der Waals surface area contributed by atoms with E-state index in [-0.39, 0.29) is 31.6 Å². The molecule has 1 aromatic rings. The van der Waals surface area contributed by atoms with E-state index in [1.807, 2.05) is 0 Å². The van der Waals surface area contributed by atoms with Crippen molar-refractivity contribution in [2.45, 2.75) is 96.6 Å². The molecule has 0 saturated heterocycles. The third-order valence-electron chi connectivity index (χ3n) is 7.35. The molecule has 13 heteroatoms. The number of esters is 2. The Morgan fingerprint density at radius 1 is 1.00 bits per heavy atom. The number of carbonyl (C=O) groups is 5. The number of nitrogens with one attached hydrogen (secondary N) is 2. The minimum atomic E-state index is -1.62. The van der Waals surface area contributed by atoms with Crippen LogP contribution in [0.25, 0.3) is 0 Å². The molecule has 0 aromatic heterocycles. The lowest BCUT2D eigenvalue weighted by atomic mass is 9.88. The first-order valence-electron chi connectivity index (χ1n) is 14.6. The van der Waals surface area contributed by atoms with Gasteiger partial charge in [0.1, 0.15) is 28.5 Å². The lowest BCUT2D eigenvalue weighted by Gasteiger charge is -2.33. The zero-order valence-electron chi connectivity index (χ0n) is 26.6. The third-order valence-corrected chi connectivity index (χ3v) is 7.35. The Kier molecular flexibility index (Phi) is 10.6. The molecule has 0 unspecified atom stereocenters. The summed E-state index contributed by atoms with van der Waals surface area (Å²) in [4.78, 5) is 64.0. The molecule has 0 aliphatic heterocycles. The highest BCUT2D eigenvalue weighted by molar-refractivity contribution is 5.93. The van der Waals surface area contributed by atoms with Crippen molar-refractivity contribution in [3.05, 3.63) is 29.8 Å². The molecule has 44 heavy (non-hydrogen) atoms. The SMILES string of the molecule is CCOC(=O)[C@]1(NC(=O)[C@H](Cc2ccc(OC(=O)OC(C)(C)C)cc2)NC(=O)OC(C)(C)C)C[C@H](O)[C@H]2[C@H](CC(=O)OC)[C@H]21. The van der Waals surface area contributed by atoms with Crippen molar-refractivity contribution in [2.75, 3.05) is 13.7 Å². The molecule has 2 amide bonds. The van der Waals surface area contributed by atoms with Gasteiger partial charge < -0.3 is 39.4 Å². The molecule has 1 aromatic carbocycles. The van der Waals surface area contributed by atoms with Crippen LogP contribution in [0.2, 0.25) is 0 Å². The van der Waals surface area contributed by atoms with Gasteiger partial charge in [0.25, 0.3) is 0 Å². The summed E-state index contributed by atoms with van der Waals surface area (Å²) >= 11 is 0. The highest BCUT2D eigenvalue weighted by atomic mass is 16.7. The minimum Gasteiger partial charge on any atom is -0.469 e. The van der Waals surface area contributed by atoms with Gasteiger partial charge in [-0.15, -0.1) is 0 Å². The molecule has 0 spiro atoms. The monoisotopic (exact) mass is 620 g/mol. The molecule has 0 radical (unpaired) electrons. The summed E-state index contributed by atoms with van der Waals surface area (Å²) in [6.45, 7) is 11.8. The van der Waals surface area contributed by atoms with Gasteiger partial charge >= 0.3 is 24.2 Å². The molecule has 2 aliphatic carbocycles. The molecule has 3 rings (SSSR count). The molecule has 6 atom stereocenters. The third kappa shape index (κ3) is 8.84. The Labute approximate surface area is 257 Å². The van der Waals surface area contributed by atoms with Crippen molar-refractivity contribution < 1.29 is 52.8 Å². The summed E-state index contributed by atoms with van der Waals surface area (Å²) in [7, 11) is 1.25. The van der Waals surface area contributed by atoms with E-state index in [0.29, 0.717) is 5.56 Å². The van der Waals surface area contributed by atoms with E-state index in [4.69, 9.17) is 23.7 Å². The van der Waals surface area contributed by atoms with Crippen LogP contribution in [0.3, 0.4) is 0 Å². The summed E-state index contributed by atoms with van der Waals surface area (Å²) in [5, 5.41) is 16.2. The van der Waals surface area contributed by atoms with Crippen molar-refractivity contribution in [2.24, 2.45) is 17.8 Å². The molecule has 13 nitrogen and oxygen atoms in total. The van der Waals surface area contributed by atoms with E-state index in [0.717, 1.165) is 0 Å². The predicted molar refractivity (Wildman–Crippen MR) is 155 cm³/mol. The van der Waals surface area contributed by atoms with Gasteiger partial charge in [-0.05, 0) is 78.0 Å². The Balaban J connectivity index is 1.85. The number of rotatable bonds is 10. The fraction of sp³-hybridized carbons (Fsp3) is 0.645. The van der Waals surface area contributed by atoms with Crippen LogP contribution < -0.4 is 15.4 Å². The maximum Gasteiger partial charge on any atom is 0.514 e. The molecule has 2 fully saturated rings. The smallest absolute Gasteiger partial charge is 0.469 e. The van der Waals surface area contributed by atoms with Crippen LogP contribution in [0.1, 0.15) is 66.9 Å². The Bertz CT molecular complexity index is 1230. The van der Waals surface area contributed by atoms with Gasteiger partial charge in [0.05, 0.1) is 19.8 Å². The predicted octanol–water partition coefficient (Wildman–Crippen LogP) is 3.04. The topological polar surface area (TPSA) is 176 Å². The number of carbonyl (C=O) groups excluding carboxylic acids is 5. The van der Waals surface area contributed by atoms with Gasteiger partial charge in [-0.3, -0.25) is 9.59 Å². The number of methoxy groups -OCH3 is 1. The largest absolute Gasteiger partial charge is 0.514 e. The van der Waals surface area contributed by atoms with Crippen LogP contribution >= 0.6 is 0 Å². The van der Waals surface area contributed by atoms with Gasteiger partial charge in [0.15, 0.2) is 0 Å². The Morgan fingerprint density at radius 3 is 2.16 bits per heavy atom. The molecule has 0 bridgehead atoms. The van der Waals surface area contributed by atoms with Gasteiger partial charge in [-0.2, -0.15) is 0 Å². The zero-order valence-corrected chi connectivity index (χ0v) is 26.6. The van der Waals surface area contributed by atoms with Gasteiger partial charge in [-0.1, -0.05) is 12.1 Å². The zero-order chi connectivity index (χ0) is 33.0. The summed E-state index contributed by atoms with van der Waals surface area (Å²) < 4.78 is 25.8.